The van der Waals surface area contributed by atoms with Gasteiger partial charge in [0.1, 0.15) is 5.75 Å². The van der Waals surface area contributed by atoms with Crippen molar-refractivity contribution in [3.05, 3.63) is 29.8 Å². The maximum Gasteiger partial charge on any atom is 0.115 e. The summed E-state index contributed by atoms with van der Waals surface area (Å²) in [5, 5.41) is 20.2. The van der Waals surface area contributed by atoms with Crippen LogP contribution in [-0.4, -0.2) is 23.1 Å². The third kappa shape index (κ3) is 3.18. The minimum atomic E-state index is -0.939. The van der Waals surface area contributed by atoms with Gasteiger partial charge in [0.15, 0.2) is 0 Å². The Labute approximate surface area is 88.1 Å². The highest BCUT2D eigenvalue weighted by Gasteiger charge is 2.06. The molecule has 1 aromatic carbocycles. The zero-order valence-corrected chi connectivity index (χ0v) is 8.45. The molecule has 14 heavy (non-hydrogen) atoms. The van der Waals surface area contributed by atoms with Crippen LogP contribution < -0.4 is 10.8 Å². The van der Waals surface area contributed by atoms with Crippen LogP contribution in [0.3, 0.4) is 0 Å². The van der Waals surface area contributed by atoms with E-state index in [1.165, 1.54) is 0 Å². The van der Waals surface area contributed by atoms with Gasteiger partial charge in [0, 0.05) is 5.88 Å². The Kier molecular flexibility index (Phi) is 4.20. The molecule has 1 unspecified atom stereocenters. The number of hydrogen-bond acceptors (Lipinski definition) is 3. The summed E-state index contributed by atoms with van der Waals surface area (Å²) in [7, 11) is 0. The number of benzene rings is 1. The minimum absolute atomic E-state index is 0.0270. The van der Waals surface area contributed by atoms with Crippen molar-refractivity contribution in [2.45, 2.75) is 18.6 Å². The van der Waals surface area contributed by atoms with Crippen LogP contribution in [0.5, 0.6) is 5.75 Å². The van der Waals surface area contributed by atoms with E-state index in [9.17, 15) is 5.11 Å². The van der Waals surface area contributed by atoms with Crippen LogP contribution in [0, 0.1) is 0 Å². The number of alkyl halides is 1. The highest BCUT2D eigenvalue weighted by atomic mass is 35.5. The molecule has 0 spiro atoms. The molecule has 0 fully saturated rings. The summed E-state index contributed by atoms with van der Waals surface area (Å²) in [5.41, 5.74) is 6.57. The van der Waals surface area contributed by atoms with Crippen molar-refractivity contribution >= 4 is 11.6 Å². The summed E-state index contributed by atoms with van der Waals surface area (Å²) >= 11 is 5.41. The highest BCUT2D eigenvalue weighted by Crippen LogP contribution is 2.11. The molecule has 3 nitrogen and oxygen atoms in total. The number of phenols is 1. The van der Waals surface area contributed by atoms with E-state index in [2.05, 4.69) is 0 Å². The third-order valence-electron chi connectivity index (χ3n) is 2.04. The third-order valence-corrected chi connectivity index (χ3v) is 2.34. The van der Waals surface area contributed by atoms with E-state index >= 15 is 0 Å². The lowest BCUT2D eigenvalue weighted by molar-refractivity contribution is -0.417. The summed E-state index contributed by atoms with van der Waals surface area (Å²) in [6, 6.07) is 6.16. The Bertz CT molecular complexity index is 276. The molecule has 0 aromatic heterocycles. The molecular formula is C10H13ClNO2-. The number of nitrogens with two attached hydrogens (primary N) is 1. The summed E-state index contributed by atoms with van der Waals surface area (Å²) in [6.07, 6.45) is -0.452. The summed E-state index contributed by atoms with van der Waals surface area (Å²) in [4.78, 5) is 0. The number of phenolic OH excluding ortho intramolecular Hbond substituents is 1. The van der Waals surface area contributed by atoms with Gasteiger partial charge in [0.25, 0.3) is 0 Å². The Hall–Kier alpha value is -0.770. The van der Waals surface area contributed by atoms with Gasteiger partial charge >= 0.3 is 0 Å². The molecule has 3 N–H and O–H groups in total. The fourth-order valence-electron chi connectivity index (χ4n) is 1.15. The van der Waals surface area contributed by atoms with Crippen LogP contribution in [0.1, 0.15) is 5.56 Å². The van der Waals surface area contributed by atoms with Gasteiger partial charge in [0.2, 0.25) is 0 Å². The van der Waals surface area contributed by atoms with Crippen LogP contribution in [0.15, 0.2) is 24.3 Å². The quantitative estimate of drug-likeness (QED) is 0.705. The number of hydrogen-bond donors (Lipinski definition) is 2. The highest BCUT2D eigenvalue weighted by molar-refractivity contribution is 6.18. The molecule has 78 valence electrons. The van der Waals surface area contributed by atoms with Crippen molar-refractivity contribution in [2.75, 3.05) is 5.88 Å². The van der Waals surface area contributed by atoms with Crippen molar-refractivity contribution in [2.24, 2.45) is 5.73 Å². The topological polar surface area (TPSA) is 69.3 Å². The van der Waals surface area contributed by atoms with E-state index in [0.717, 1.165) is 5.56 Å². The molecule has 1 aromatic rings. The van der Waals surface area contributed by atoms with Gasteiger partial charge in [-0.3, -0.25) is 0 Å². The lowest BCUT2D eigenvalue weighted by Gasteiger charge is -2.26. The van der Waals surface area contributed by atoms with Crippen LogP contribution in [0.2, 0.25) is 0 Å². The average molecular weight is 215 g/mol. The molecule has 2 atom stereocenters. The van der Waals surface area contributed by atoms with Gasteiger partial charge in [-0.1, -0.05) is 18.2 Å². The minimum Gasteiger partial charge on any atom is -0.850 e. The molecule has 0 amide bonds. The van der Waals surface area contributed by atoms with Crippen molar-refractivity contribution in [3.63, 3.8) is 0 Å². The standard InChI is InChI=1S/C10H13ClNO2/c11-6-10(14)9(12)5-7-1-3-8(13)4-2-7/h1-4,9-10,13H,5-6,12H2/q-1/t9?,10-/m1/s1. The van der Waals surface area contributed by atoms with E-state index in [-0.39, 0.29) is 11.6 Å². The fraction of sp³-hybridized carbons (Fsp3) is 0.400. The zero-order valence-electron chi connectivity index (χ0n) is 7.69. The summed E-state index contributed by atoms with van der Waals surface area (Å²) in [5.74, 6) is 0.234. The van der Waals surface area contributed by atoms with E-state index < -0.39 is 12.1 Å². The largest absolute Gasteiger partial charge is 0.850 e. The second kappa shape index (κ2) is 5.20. The second-order valence-corrected chi connectivity index (χ2v) is 3.54. The van der Waals surface area contributed by atoms with Crippen molar-refractivity contribution in [1.29, 1.82) is 0 Å². The van der Waals surface area contributed by atoms with Crippen molar-refractivity contribution < 1.29 is 10.2 Å². The first-order chi connectivity index (χ1) is 6.63. The van der Waals surface area contributed by atoms with Crippen LogP contribution in [0.4, 0.5) is 0 Å². The van der Waals surface area contributed by atoms with Gasteiger partial charge in [-0.2, -0.15) is 0 Å². The van der Waals surface area contributed by atoms with E-state index in [4.69, 9.17) is 22.4 Å². The molecule has 0 bridgehead atoms. The Morgan fingerprint density at radius 2 is 1.93 bits per heavy atom. The molecule has 1 rings (SSSR count). The number of rotatable bonds is 4. The average Bonchev–Trinajstić information content (AvgIpc) is 2.20. The molecule has 0 heterocycles. The van der Waals surface area contributed by atoms with Crippen molar-refractivity contribution in [3.8, 4) is 5.75 Å². The zero-order chi connectivity index (χ0) is 10.6. The lowest BCUT2D eigenvalue weighted by atomic mass is 10.0. The lowest BCUT2D eigenvalue weighted by Crippen LogP contribution is -2.46. The molecular weight excluding hydrogens is 202 g/mol. The monoisotopic (exact) mass is 214 g/mol. The molecule has 4 heteroatoms. The second-order valence-electron chi connectivity index (χ2n) is 3.23. The fourth-order valence-corrected chi connectivity index (χ4v) is 1.38. The summed E-state index contributed by atoms with van der Waals surface area (Å²) < 4.78 is 0. The molecule has 0 saturated carbocycles. The maximum atomic E-state index is 11.2. The predicted molar refractivity (Wildman–Crippen MR) is 54.3 cm³/mol. The first-order valence-electron chi connectivity index (χ1n) is 4.38. The molecule has 0 aliphatic carbocycles. The predicted octanol–water partition coefficient (Wildman–Crippen LogP) is 0.230. The molecule has 0 aliphatic heterocycles. The first-order valence-corrected chi connectivity index (χ1v) is 4.92. The smallest absolute Gasteiger partial charge is 0.115 e. The van der Waals surface area contributed by atoms with E-state index in [1.807, 2.05) is 0 Å². The molecule has 0 aliphatic rings. The van der Waals surface area contributed by atoms with Gasteiger partial charge in [0.05, 0.1) is 0 Å². The number of aromatic hydroxyl groups is 1. The van der Waals surface area contributed by atoms with Crippen LogP contribution >= 0.6 is 11.6 Å². The van der Waals surface area contributed by atoms with Crippen LogP contribution in [0.25, 0.3) is 0 Å². The van der Waals surface area contributed by atoms with Crippen molar-refractivity contribution in [1.82, 2.24) is 0 Å². The summed E-state index contributed by atoms with van der Waals surface area (Å²) in [6.45, 7) is 0. The first kappa shape index (κ1) is 11.3. The van der Waals surface area contributed by atoms with E-state index in [1.54, 1.807) is 24.3 Å². The molecule has 0 saturated heterocycles. The number of halogens is 1. The van der Waals surface area contributed by atoms with Gasteiger partial charge in [-0.05, 0) is 30.2 Å². The van der Waals surface area contributed by atoms with Gasteiger partial charge in [-0.15, -0.1) is 11.6 Å². The Morgan fingerprint density at radius 3 is 2.43 bits per heavy atom. The Morgan fingerprint density at radius 1 is 1.36 bits per heavy atom. The normalized spacial score (nSPS) is 15.1. The van der Waals surface area contributed by atoms with Gasteiger partial charge < -0.3 is 15.9 Å². The van der Waals surface area contributed by atoms with E-state index in [0.29, 0.717) is 6.42 Å². The van der Waals surface area contributed by atoms with Gasteiger partial charge in [-0.25, -0.2) is 0 Å². The SMILES string of the molecule is NC(Cc1ccc(O)cc1)[C@H]([O-])CCl. The van der Waals surface area contributed by atoms with Crippen LogP contribution in [-0.2, 0) is 6.42 Å². The Balaban J connectivity index is 2.56. The maximum absolute atomic E-state index is 11.2. The molecule has 0 radical (unpaired) electrons.